The van der Waals surface area contributed by atoms with Crippen molar-refractivity contribution >= 4 is 248 Å². The molecule has 15 heterocycles. The summed E-state index contributed by atoms with van der Waals surface area (Å²) < 4.78 is 39.0. The lowest BCUT2D eigenvalue weighted by atomic mass is 10.2. The van der Waals surface area contributed by atoms with Crippen LogP contribution in [-0.4, -0.2) is 135 Å². The lowest BCUT2D eigenvalue weighted by molar-refractivity contribution is -0.148. The number of aromatic nitrogens is 15. The Morgan fingerprint density at radius 2 is 0.542 bits per heavy atom. The Bertz CT molecular complexity index is 8490. The summed E-state index contributed by atoms with van der Waals surface area (Å²) in [5.41, 5.74) is 12.3. The maximum absolute atomic E-state index is 12.9. The van der Waals surface area contributed by atoms with Crippen LogP contribution in [0.2, 0.25) is 0 Å². The normalized spacial score (nSPS) is 11.9. The molecule has 0 fully saturated rings. The van der Waals surface area contributed by atoms with E-state index in [-0.39, 0.29) is 141 Å². The molecule has 20 rings (SSSR count). The van der Waals surface area contributed by atoms with Gasteiger partial charge in [0.25, 0.3) is 27.8 Å². The predicted molar refractivity (Wildman–Crippen MR) is 580 cm³/mol. The third-order valence-corrected chi connectivity index (χ3v) is 31.7. The van der Waals surface area contributed by atoms with E-state index >= 15 is 0 Å². The van der Waals surface area contributed by atoms with Gasteiger partial charge in [0.05, 0.1) is 203 Å². The van der Waals surface area contributed by atoms with Gasteiger partial charge in [-0.3, -0.25) is 47.9 Å². The van der Waals surface area contributed by atoms with Gasteiger partial charge in [0, 0.05) is 80.7 Å². The molecule has 744 valence electrons. The Kier molecular flexibility index (Phi) is 34.2. The summed E-state index contributed by atoms with van der Waals surface area (Å²) in [7, 11) is 0. The molecule has 40 heteroatoms. The molecule has 0 aliphatic carbocycles. The van der Waals surface area contributed by atoms with Gasteiger partial charge in [-0.15, -0.1) is 56.7 Å². The lowest BCUT2D eigenvalue weighted by Gasteiger charge is -2.13. The van der Waals surface area contributed by atoms with Crippen molar-refractivity contribution in [1.29, 1.82) is 0 Å². The van der Waals surface area contributed by atoms with Crippen molar-refractivity contribution in [3.8, 4) is 0 Å². The van der Waals surface area contributed by atoms with Gasteiger partial charge in [0.15, 0.2) is 0 Å². The Morgan fingerprint density at radius 1 is 0.299 bits per heavy atom. The Balaban J connectivity index is 0.000000129. The van der Waals surface area contributed by atoms with Crippen LogP contribution in [0.1, 0.15) is 175 Å². The van der Waals surface area contributed by atoms with Gasteiger partial charge in [-0.2, -0.15) is 82.2 Å². The summed E-state index contributed by atoms with van der Waals surface area (Å²) in [6, 6.07) is 30.6. The van der Waals surface area contributed by atoms with Gasteiger partial charge < -0.3 is 23.7 Å². The highest BCUT2D eigenvalue weighted by Crippen LogP contribution is 2.33. The molecule has 2 unspecified atom stereocenters. The van der Waals surface area contributed by atoms with E-state index in [1.165, 1.54) is 80.1 Å². The van der Waals surface area contributed by atoms with Gasteiger partial charge in [-0.05, 0) is 176 Å². The quantitative estimate of drug-likeness (QED) is 0.0221. The van der Waals surface area contributed by atoms with Gasteiger partial charge in [-0.25, -0.2) is 48.3 Å². The number of benzene rings is 5. The summed E-state index contributed by atoms with van der Waals surface area (Å²) in [5, 5.41) is 51.4. The Morgan fingerprint density at radius 3 is 0.785 bits per heavy atom. The van der Waals surface area contributed by atoms with Crippen LogP contribution in [0.15, 0.2) is 169 Å². The first-order valence-electron chi connectivity index (χ1n) is 46.9. The number of hydrogen-bond donors (Lipinski definition) is 0. The molecule has 20 aromatic rings. The van der Waals surface area contributed by atoms with Crippen LogP contribution in [0.4, 0.5) is 0 Å². The van der Waals surface area contributed by atoms with Crippen LogP contribution in [0.3, 0.4) is 0 Å². The maximum atomic E-state index is 12.9. The van der Waals surface area contributed by atoms with Crippen molar-refractivity contribution in [3.05, 3.63) is 278 Å². The van der Waals surface area contributed by atoms with Crippen molar-refractivity contribution < 1.29 is 47.7 Å². The summed E-state index contributed by atoms with van der Waals surface area (Å²) in [6.07, 6.45) is 4.85. The van der Waals surface area contributed by atoms with Crippen LogP contribution in [0.25, 0.3) is 105 Å². The standard InChI is InChI=1S/C22H23N3O3S2.2C21H21N3O3S2.2C20H19N3O3S2/c1-4-5-14(3)28-21(26)9-17-15-11-29-12-16(15)22(27)25(24-17)10-20-23-18-8-13(2)6-7-19(18)30-20;1-4-13(3)27-20(25)8-16-14-10-28-11-15(14)21(26)24(23-16)9-19-22-17-7-12(2)5-6-18(17)29-19;1-3-4-7-27-20(25)9-16-14-11-28-12-15(14)21(26)24(23-16)10-19-22-17-8-13(2)5-6-18(17)29-19;1-11(2)26-19(24)7-15-13-9-27-10-14(13)20(25)23(22-15)8-18-21-16-6-12(3)4-5-17(16)28-18;1-3-6-26-19(24)8-15-13-10-27-11-14(13)20(25)23(22-15)9-18-21-16-7-12(2)4-5-17(16)28-18/h6-8,11-12,14H,4-5,9-10H2,1-3H3;5-7,10-11,13H,4,8-9H2,1-3H3;5-6,8,11-12H,3-4,7,9-10H2,1-2H3;4-6,9-11H,7-8H2,1-3H3;4-5,7,10-11H,3,6,8-9H2,1-2H3. The molecule has 144 heavy (non-hydrogen) atoms. The van der Waals surface area contributed by atoms with Crippen LogP contribution < -0.4 is 27.8 Å². The van der Waals surface area contributed by atoms with Crippen molar-refractivity contribution in [2.75, 3.05) is 13.2 Å². The molecular weight excluding hydrogens is 2020 g/mol. The lowest BCUT2D eigenvalue weighted by Crippen LogP contribution is -2.26. The van der Waals surface area contributed by atoms with E-state index in [0.717, 1.165) is 164 Å². The van der Waals surface area contributed by atoms with E-state index in [0.29, 0.717) is 74.0 Å². The van der Waals surface area contributed by atoms with Crippen LogP contribution >= 0.6 is 113 Å². The molecule has 0 saturated heterocycles. The number of esters is 5. The van der Waals surface area contributed by atoms with Crippen molar-refractivity contribution in [2.24, 2.45) is 0 Å². The number of aryl methyl sites for hydroxylation is 5. The molecular formula is C104H103N15O15S10. The molecule has 2 atom stereocenters. The minimum atomic E-state index is -0.351. The van der Waals surface area contributed by atoms with Gasteiger partial charge in [0.2, 0.25) is 0 Å². The maximum Gasteiger partial charge on any atom is 0.312 e. The summed E-state index contributed by atoms with van der Waals surface area (Å²) in [6.45, 7) is 27.7. The van der Waals surface area contributed by atoms with Crippen LogP contribution in [-0.2, 0) is 112 Å². The molecule has 0 amide bonds. The zero-order valence-corrected chi connectivity index (χ0v) is 89.5. The fourth-order valence-electron chi connectivity index (χ4n) is 15.7. The largest absolute Gasteiger partial charge is 0.465 e. The van der Waals surface area contributed by atoms with Crippen LogP contribution in [0.5, 0.6) is 0 Å². The molecule has 0 saturated carbocycles. The van der Waals surface area contributed by atoms with E-state index in [9.17, 15) is 47.9 Å². The van der Waals surface area contributed by atoms with Crippen molar-refractivity contribution in [1.82, 2.24) is 73.8 Å². The topological polar surface area (TPSA) is 370 Å². The smallest absolute Gasteiger partial charge is 0.312 e. The van der Waals surface area contributed by atoms with E-state index in [1.54, 1.807) is 86.7 Å². The van der Waals surface area contributed by atoms with E-state index in [4.69, 9.17) is 23.7 Å². The fourth-order valence-corrected chi connectivity index (χ4v) is 24.5. The zero-order chi connectivity index (χ0) is 102. The minimum absolute atomic E-state index is 0.0325. The highest BCUT2D eigenvalue weighted by molar-refractivity contribution is 7.20. The third kappa shape index (κ3) is 25.5. The number of hydrogen-bond acceptors (Lipinski definition) is 35. The highest BCUT2D eigenvalue weighted by Gasteiger charge is 2.26. The number of nitrogens with zero attached hydrogens (tertiary/aromatic N) is 15. The minimum Gasteiger partial charge on any atom is -0.465 e. The third-order valence-electron chi connectivity index (χ3n) is 22.8. The highest BCUT2D eigenvalue weighted by atomic mass is 32.1. The molecule has 0 N–H and O–H groups in total. The molecule has 0 bridgehead atoms. The van der Waals surface area contributed by atoms with Gasteiger partial charge in [0.1, 0.15) is 25.0 Å². The number of fused-ring (bicyclic) bond motifs is 10. The SMILES string of the molecule is CCC(C)OC(=O)Cc1nn(Cc2nc3cc(C)ccc3s2)c(=O)c2cscc12.CCCC(C)OC(=O)Cc1nn(Cc2nc3cc(C)ccc3s2)c(=O)c2cscc12.CCCCOC(=O)Cc1nn(Cc2nc3cc(C)ccc3s2)c(=O)c2cscc12.CCCOC(=O)Cc1nn(Cc2nc3cc(C)ccc3s2)c(=O)c2cscc12.Cc1ccc2sc(Cn3nc(CC(=O)OC(C)C)c4cscc4c3=O)nc2c1. The van der Waals surface area contributed by atoms with Gasteiger partial charge >= 0.3 is 29.8 Å². The molecule has 15 aromatic heterocycles. The first-order chi connectivity index (χ1) is 69.4. The van der Waals surface area contributed by atoms with E-state index < -0.39 is 0 Å². The number of thiophene rings is 5. The molecule has 0 aliphatic heterocycles. The Labute approximate surface area is 865 Å². The van der Waals surface area contributed by atoms with Gasteiger partial charge in [-0.1, -0.05) is 70.9 Å². The predicted octanol–water partition coefficient (Wildman–Crippen LogP) is 21.2. The second kappa shape index (κ2) is 47.3. The number of ether oxygens (including phenoxy) is 5. The first-order valence-corrected chi connectivity index (χ1v) is 55.7. The molecule has 5 aromatic carbocycles. The average molecular weight is 2120 g/mol. The fraction of sp³-hybridized carbons (Fsp3) is 0.327. The zero-order valence-electron chi connectivity index (χ0n) is 81.3. The molecule has 0 aliphatic rings. The van der Waals surface area contributed by atoms with Crippen molar-refractivity contribution in [2.45, 2.75) is 212 Å². The van der Waals surface area contributed by atoms with Crippen LogP contribution in [0, 0.1) is 34.6 Å². The average Bonchev–Trinajstić information content (AvgIpc) is 1.73. The van der Waals surface area contributed by atoms with E-state index in [2.05, 4.69) is 63.4 Å². The Hall–Kier alpha value is -12.9. The molecule has 0 radical (unpaired) electrons. The van der Waals surface area contributed by atoms with Crippen molar-refractivity contribution in [3.63, 3.8) is 0 Å². The second-order valence-corrected chi connectivity index (χ2v) is 44.2. The first kappa shape index (κ1) is 104. The summed E-state index contributed by atoms with van der Waals surface area (Å²) in [4.78, 5) is 149. The number of rotatable bonds is 31. The summed E-state index contributed by atoms with van der Waals surface area (Å²) in [5.74, 6) is -1.66. The van der Waals surface area contributed by atoms with E-state index in [1.807, 2.05) is 192 Å². The monoisotopic (exact) mass is 2120 g/mol. The molecule has 0 spiro atoms. The second-order valence-electron chi connectivity index (χ2n) is 35.0. The number of thiazole rings is 5. The number of carbonyl (C=O) groups excluding carboxylic acids is 5. The number of carbonyl (C=O) groups is 5. The summed E-state index contributed by atoms with van der Waals surface area (Å²) >= 11 is 14.9. The number of unbranched alkanes of at least 4 members (excludes halogenated alkanes) is 1. The molecule has 30 nitrogen and oxygen atoms in total.